The molecule has 0 radical (unpaired) electrons. The smallest absolute Gasteiger partial charge is 0.0598 e. The van der Waals surface area contributed by atoms with Crippen molar-refractivity contribution in [1.82, 2.24) is 0 Å². The molecular formula is C21H15Cl2N. The van der Waals surface area contributed by atoms with E-state index in [0.717, 1.165) is 5.56 Å². The number of benzene rings is 3. The molecule has 1 nitrogen and oxygen atoms in total. The second-order valence-electron chi connectivity index (χ2n) is 5.82. The minimum absolute atomic E-state index is 0.570. The highest BCUT2D eigenvalue weighted by molar-refractivity contribution is 6.42. The lowest BCUT2D eigenvalue weighted by Gasteiger charge is -2.31. The van der Waals surface area contributed by atoms with Crippen LogP contribution in [-0.4, -0.2) is 7.05 Å². The number of hydrogen-bond donors (Lipinski definition) is 0. The molecule has 0 bridgehead atoms. The average molecular weight is 352 g/mol. The molecule has 0 aliphatic carbocycles. The van der Waals surface area contributed by atoms with Crippen molar-refractivity contribution in [2.45, 2.75) is 0 Å². The molecule has 0 unspecified atom stereocenters. The van der Waals surface area contributed by atoms with E-state index in [1.165, 1.54) is 28.1 Å². The van der Waals surface area contributed by atoms with Gasteiger partial charge in [-0.1, -0.05) is 65.7 Å². The predicted molar refractivity (Wildman–Crippen MR) is 104 cm³/mol. The Labute approximate surface area is 151 Å². The van der Waals surface area contributed by atoms with Gasteiger partial charge in [0.05, 0.1) is 10.0 Å². The van der Waals surface area contributed by atoms with Gasteiger partial charge in [0.2, 0.25) is 0 Å². The van der Waals surface area contributed by atoms with Crippen LogP contribution >= 0.6 is 23.2 Å². The van der Waals surface area contributed by atoms with Gasteiger partial charge in [0.1, 0.15) is 0 Å². The third-order valence-electron chi connectivity index (χ3n) is 4.37. The molecule has 118 valence electrons. The maximum Gasteiger partial charge on any atom is 0.0598 e. The number of halogens is 2. The Morgan fingerprint density at radius 3 is 1.92 bits per heavy atom. The Morgan fingerprint density at radius 1 is 0.750 bits per heavy atom. The summed E-state index contributed by atoms with van der Waals surface area (Å²) in [6.07, 6.45) is 2.17. The summed E-state index contributed by atoms with van der Waals surface area (Å²) in [6, 6.07) is 22.6. The van der Waals surface area contributed by atoms with Crippen LogP contribution in [-0.2, 0) is 0 Å². The predicted octanol–water partition coefficient (Wildman–Crippen LogP) is 6.66. The van der Waals surface area contributed by atoms with E-state index in [-0.39, 0.29) is 0 Å². The van der Waals surface area contributed by atoms with Gasteiger partial charge in [0.25, 0.3) is 0 Å². The molecule has 1 heterocycles. The second-order valence-corrected chi connectivity index (χ2v) is 6.64. The van der Waals surface area contributed by atoms with Crippen LogP contribution in [0.1, 0.15) is 16.7 Å². The van der Waals surface area contributed by atoms with E-state index in [9.17, 15) is 0 Å². The lowest BCUT2D eigenvalue weighted by Crippen LogP contribution is -2.17. The van der Waals surface area contributed by atoms with Crippen LogP contribution in [0.2, 0.25) is 10.0 Å². The van der Waals surface area contributed by atoms with Crippen molar-refractivity contribution in [1.29, 1.82) is 0 Å². The fourth-order valence-corrected chi connectivity index (χ4v) is 3.49. The monoisotopic (exact) mass is 351 g/mol. The third-order valence-corrected chi connectivity index (χ3v) is 5.10. The normalized spacial score (nSPS) is 12.6. The number of fused-ring (bicyclic) bond motifs is 2. The van der Waals surface area contributed by atoms with E-state index in [1.807, 2.05) is 18.2 Å². The van der Waals surface area contributed by atoms with Crippen LogP contribution in [0.5, 0.6) is 0 Å². The first-order valence-corrected chi connectivity index (χ1v) is 8.50. The Bertz CT molecular complexity index is 910. The Morgan fingerprint density at radius 2 is 1.33 bits per heavy atom. The number of anilines is 2. The number of nitrogens with zero attached hydrogens (tertiary/aromatic N) is 1. The van der Waals surface area contributed by atoms with Gasteiger partial charge in [0.15, 0.2) is 0 Å². The van der Waals surface area contributed by atoms with Gasteiger partial charge in [-0.05, 0) is 41.5 Å². The molecule has 3 aromatic rings. The van der Waals surface area contributed by atoms with Gasteiger partial charge < -0.3 is 4.90 Å². The number of rotatable bonds is 1. The van der Waals surface area contributed by atoms with Crippen LogP contribution in [0.25, 0.3) is 11.6 Å². The SMILES string of the molecule is CN1c2ccccc2C(=Cc2ccc(Cl)c(Cl)c2)c2ccccc21. The molecule has 24 heavy (non-hydrogen) atoms. The summed E-state index contributed by atoms with van der Waals surface area (Å²) < 4.78 is 0. The Kier molecular flexibility index (Phi) is 3.84. The summed E-state index contributed by atoms with van der Waals surface area (Å²) in [6.45, 7) is 0. The molecule has 0 saturated heterocycles. The van der Waals surface area contributed by atoms with Crippen LogP contribution in [0.15, 0.2) is 66.7 Å². The van der Waals surface area contributed by atoms with E-state index in [0.29, 0.717) is 10.0 Å². The number of para-hydroxylation sites is 2. The molecule has 0 spiro atoms. The van der Waals surface area contributed by atoms with Gasteiger partial charge >= 0.3 is 0 Å². The Balaban J connectivity index is 1.96. The molecule has 0 aromatic heterocycles. The van der Waals surface area contributed by atoms with E-state index in [2.05, 4.69) is 66.6 Å². The second kappa shape index (κ2) is 6.01. The molecule has 0 fully saturated rings. The van der Waals surface area contributed by atoms with E-state index in [4.69, 9.17) is 23.2 Å². The van der Waals surface area contributed by atoms with Crippen molar-refractivity contribution in [3.8, 4) is 0 Å². The van der Waals surface area contributed by atoms with Crippen molar-refractivity contribution in [3.63, 3.8) is 0 Å². The van der Waals surface area contributed by atoms with Gasteiger partial charge in [-0.3, -0.25) is 0 Å². The zero-order valence-electron chi connectivity index (χ0n) is 13.1. The van der Waals surface area contributed by atoms with Gasteiger partial charge in [-0.25, -0.2) is 0 Å². The van der Waals surface area contributed by atoms with Crippen molar-refractivity contribution < 1.29 is 0 Å². The Hall–Kier alpha value is -2.22. The van der Waals surface area contributed by atoms with E-state index >= 15 is 0 Å². The summed E-state index contributed by atoms with van der Waals surface area (Å²) in [7, 11) is 2.10. The zero-order valence-corrected chi connectivity index (χ0v) is 14.6. The fourth-order valence-electron chi connectivity index (χ4n) is 3.19. The first kappa shape index (κ1) is 15.3. The maximum absolute atomic E-state index is 6.19. The van der Waals surface area contributed by atoms with Crippen LogP contribution in [0, 0.1) is 0 Å². The van der Waals surface area contributed by atoms with Gasteiger partial charge in [-0.2, -0.15) is 0 Å². The first-order chi connectivity index (χ1) is 11.6. The lowest BCUT2D eigenvalue weighted by molar-refractivity contribution is 1.17. The zero-order chi connectivity index (χ0) is 16.7. The highest BCUT2D eigenvalue weighted by Crippen LogP contribution is 2.44. The molecule has 1 aliphatic rings. The maximum atomic E-state index is 6.19. The highest BCUT2D eigenvalue weighted by Gasteiger charge is 2.23. The standard InChI is InChI=1S/C21H15Cl2N/c1-24-20-8-4-2-6-15(20)17(16-7-3-5-9-21(16)24)12-14-10-11-18(22)19(23)13-14/h2-13H,1H3. The van der Waals surface area contributed by atoms with Crippen LogP contribution in [0.4, 0.5) is 11.4 Å². The summed E-state index contributed by atoms with van der Waals surface area (Å²) >= 11 is 12.2. The minimum Gasteiger partial charge on any atom is -0.344 e. The summed E-state index contributed by atoms with van der Waals surface area (Å²) in [5.41, 5.74) is 7.05. The van der Waals surface area contributed by atoms with Crippen LogP contribution in [0.3, 0.4) is 0 Å². The molecule has 0 N–H and O–H groups in total. The molecule has 0 amide bonds. The fraction of sp³-hybridized carbons (Fsp3) is 0.0476. The van der Waals surface area contributed by atoms with Crippen molar-refractivity contribution in [2.24, 2.45) is 0 Å². The summed E-state index contributed by atoms with van der Waals surface area (Å²) in [5.74, 6) is 0. The molecule has 3 heteroatoms. The van der Waals surface area contributed by atoms with Crippen molar-refractivity contribution in [3.05, 3.63) is 93.5 Å². The third kappa shape index (κ3) is 2.50. The van der Waals surface area contributed by atoms with Crippen molar-refractivity contribution in [2.75, 3.05) is 11.9 Å². The minimum atomic E-state index is 0.570. The molecule has 0 atom stereocenters. The molecular weight excluding hydrogens is 337 g/mol. The van der Waals surface area contributed by atoms with E-state index < -0.39 is 0 Å². The quantitative estimate of drug-likeness (QED) is 0.473. The lowest BCUT2D eigenvalue weighted by atomic mass is 9.89. The van der Waals surface area contributed by atoms with Gasteiger partial charge in [-0.15, -0.1) is 0 Å². The van der Waals surface area contributed by atoms with Gasteiger partial charge in [0, 0.05) is 29.5 Å². The van der Waals surface area contributed by atoms with E-state index in [1.54, 1.807) is 0 Å². The largest absolute Gasteiger partial charge is 0.344 e. The highest BCUT2D eigenvalue weighted by atomic mass is 35.5. The molecule has 4 rings (SSSR count). The summed E-state index contributed by atoms with van der Waals surface area (Å²) in [5, 5.41) is 1.14. The van der Waals surface area contributed by atoms with Crippen molar-refractivity contribution >= 4 is 46.2 Å². The summed E-state index contributed by atoms with van der Waals surface area (Å²) in [4.78, 5) is 2.23. The molecule has 3 aromatic carbocycles. The molecule has 0 saturated carbocycles. The number of hydrogen-bond acceptors (Lipinski definition) is 1. The first-order valence-electron chi connectivity index (χ1n) is 7.74. The van der Waals surface area contributed by atoms with Crippen LogP contribution < -0.4 is 4.90 Å². The average Bonchev–Trinajstić information content (AvgIpc) is 2.61. The topological polar surface area (TPSA) is 3.24 Å². The molecule has 1 aliphatic heterocycles.